The number of hydrogen-bond acceptors (Lipinski definition) is 7. The molecule has 1 amide bonds. The molecule has 0 spiro atoms. The van der Waals surface area contributed by atoms with Gasteiger partial charge in [-0.1, -0.05) is 0 Å². The maximum atomic E-state index is 12.4. The number of piperidine rings is 2. The molecule has 2 heterocycles. The van der Waals surface area contributed by atoms with Crippen molar-refractivity contribution in [2.45, 2.75) is 70.7 Å². The number of ether oxygens (including phenoxy) is 3. The summed E-state index contributed by atoms with van der Waals surface area (Å²) in [4.78, 5) is 48.1. The van der Waals surface area contributed by atoms with Crippen molar-refractivity contribution in [1.82, 2.24) is 4.90 Å². The summed E-state index contributed by atoms with van der Waals surface area (Å²) in [6.07, 6.45) is 0.805. The first kappa shape index (κ1) is 18.2. The van der Waals surface area contributed by atoms with Crippen molar-refractivity contribution in [3.8, 4) is 0 Å². The predicted octanol–water partition coefficient (Wildman–Crippen LogP) is 0.566. The highest BCUT2D eigenvalue weighted by Gasteiger charge is 2.49. The van der Waals surface area contributed by atoms with Crippen LogP contribution >= 0.6 is 0 Å². The molecule has 0 aromatic carbocycles. The molecule has 2 aliphatic heterocycles. The minimum atomic E-state index is -0.857. The van der Waals surface area contributed by atoms with Crippen molar-refractivity contribution in [3.63, 3.8) is 0 Å². The van der Waals surface area contributed by atoms with Gasteiger partial charge >= 0.3 is 17.9 Å². The van der Waals surface area contributed by atoms with E-state index in [1.54, 1.807) is 4.90 Å². The number of esters is 3. The molecule has 134 valence electrons. The van der Waals surface area contributed by atoms with Gasteiger partial charge in [-0.25, -0.2) is 0 Å². The van der Waals surface area contributed by atoms with Crippen LogP contribution in [0.1, 0.15) is 46.5 Å². The largest absolute Gasteiger partial charge is 0.464 e. The molecule has 2 fully saturated rings. The Balaban J connectivity index is 2.31. The molecule has 0 radical (unpaired) electrons. The third-order valence-corrected chi connectivity index (χ3v) is 4.29. The van der Waals surface area contributed by atoms with E-state index in [2.05, 4.69) is 0 Å². The number of nitrogens with zero attached hydrogens (tertiary/aromatic N) is 1. The molecule has 2 saturated heterocycles. The molecular formula is C16H23NO7. The van der Waals surface area contributed by atoms with E-state index >= 15 is 0 Å². The fraction of sp³-hybridized carbons (Fsp3) is 0.750. The van der Waals surface area contributed by atoms with Crippen LogP contribution in [0.5, 0.6) is 0 Å². The smallest absolute Gasteiger partial charge is 0.303 e. The first-order valence-electron chi connectivity index (χ1n) is 8.08. The molecule has 0 aromatic rings. The lowest BCUT2D eigenvalue weighted by molar-refractivity contribution is -0.193. The third-order valence-electron chi connectivity index (χ3n) is 4.29. The van der Waals surface area contributed by atoms with Gasteiger partial charge in [-0.2, -0.15) is 0 Å². The average Bonchev–Trinajstić information content (AvgIpc) is 2.46. The van der Waals surface area contributed by atoms with Crippen LogP contribution in [-0.4, -0.2) is 59.6 Å². The maximum Gasteiger partial charge on any atom is 0.303 e. The van der Waals surface area contributed by atoms with Crippen molar-refractivity contribution < 1.29 is 33.4 Å². The summed E-state index contributed by atoms with van der Waals surface area (Å²) >= 11 is 0. The van der Waals surface area contributed by atoms with Gasteiger partial charge in [0.15, 0.2) is 6.10 Å². The van der Waals surface area contributed by atoms with Crippen molar-refractivity contribution in [3.05, 3.63) is 0 Å². The minimum absolute atomic E-state index is 0.0678. The van der Waals surface area contributed by atoms with Crippen molar-refractivity contribution in [1.29, 1.82) is 0 Å². The standard InChI is InChI=1S/C16H23NO7/c1-9(18)22-8-13-16(24-11(3)20)14(23-10(2)19)7-12-5-4-6-15(21)17(12)13/h12-14,16H,4-8H2,1-3H3/t12-,13-,14+,16-/m0/s1. The quantitative estimate of drug-likeness (QED) is 0.544. The van der Waals surface area contributed by atoms with Crippen LogP contribution in [0.3, 0.4) is 0 Å². The van der Waals surface area contributed by atoms with E-state index < -0.39 is 36.2 Å². The Morgan fingerprint density at radius 3 is 2.33 bits per heavy atom. The van der Waals surface area contributed by atoms with Gasteiger partial charge in [0.05, 0.1) is 0 Å². The monoisotopic (exact) mass is 341 g/mol. The fourth-order valence-corrected chi connectivity index (χ4v) is 3.51. The average molecular weight is 341 g/mol. The minimum Gasteiger partial charge on any atom is -0.464 e. The molecule has 8 nitrogen and oxygen atoms in total. The van der Waals surface area contributed by atoms with Crippen LogP contribution in [0.15, 0.2) is 0 Å². The van der Waals surface area contributed by atoms with Crippen molar-refractivity contribution in [2.75, 3.05) is 6.61 Å². The SMILES string of the molecule is CC(=O)OC[C@H]1[C@H](OC(C)=O)[C@H](OC(C)=O)C[C@@H]2CCCC(=O)N21. The van der Waals surface area contributed by atoms with E-state index in [0.29, 0.717) is 12.8 Å². The highest BCUT2D eigenvalue weighted by Crippen LogP contribution is 2.34. The van der Waals surface area contributed by atoms with E-state index in [1.807, 2.05) is 0 Å². The van der Waals surface area contributed by atoms with Gasteiger partial charge in [0.2, 0.25) is 5.91 Å². The lowest BCUT2D eigenvalue weighted by atomic mass is 9.85. The molecule has 8 heteroatoms. The van der Waals surface area contributed by atoms with E-state index in [4.69, 9.17) is 14.2 Å². The number of carbonyl (C=O) groups is 4. The Kier molecular flexibility index (Phi) is 5.80. The van der Waals surface area contributed by atoms with Gasteiger partial charge < -0.3 is 19.1 Å². The van der Waals surface area contributed by atoms with Crippen LogP contribution in [0.4, 0.5) is 0 Å². The van der Waals surface area contributed by atoms with E-state index in [1.165, 1.54) is 20.8 Å². The molecule has 0 unspecified atom stereocenters. The van der Waals surface area contributed by atoms with Gasteiger partial charge in [0.1, 0.15) is 18.8 Å². The second kappa shape index (κ2) is 7.63. The number of rotatable bonds is 4. The summed E-state index contributed by atoms with van der Waals surface area (Å²) in [5.41, 5.74) is 0. The fourth-order valence-electron chi connectivity index (χ4n) is 3.51. The number of carbonyl (C=O) groups excluding carboxylic acids is 4. The van der Waals surface area contributed by atoms with E-state index in [-0.39, 0.29) is 18.6 Å². The summed E-state index contributed by atoms with van der Waals surface area (Å²) < 4.78 is 15.8. The second-order valence-corrected chi connectivity index (χ2v) is 6.17. The van der Waals surface area contributed by atoms with Gasteiger partial charge in [0.25, 0.3) is 0 Å². The second-order valence-electron chi connectivity index (χ2n) is 6.17. The summed E-state index contributed by atoms with van der Waals surface area (Å²) in [6.45, 7) is 3.69. The molecule has 0 aromatic heterocycles. The van der Waals surface area contributed by atoms with E-state index in [0.717, 1.165) is 12.8 Å². The van der Waals surface area contributed by atoms with Gasteiger partial charge in [-0.3, -0.25) is 19.2 Å². The maximum absolute atomic E-state index is 12.4. The highest BCUT2D eigenvalue weighted by atomic mass is 16.6. The van der Waals surface area contributed by atoms with Gasteiger partial charge in [-0.05, 0) is 12.8 Å². The summed E-state index contributed by atoms with van der Waals surface area (Å²) in [5.74, 6) is -1.60. The topological polar surface area (TPSA) is 99.2 Å². The lowest BCUT2D eigenvalue weighted by Gasteiger charge is -2.50. The predicted molar refractivity (Wildman–Crippen MR) is 80.6 cm³/mol. The van der Waals surface area contributed by atoms with Crippen LogP contribution in [0.2, 0.25) is 0 Å². The Hall–Kier alpha value is -2.12. The number of amides is 1. The van der Waals surface area contributed by atoms with Crippen molar-refractivity contribution >= 4 is 23.8 Å². The third kappa shape index (κ3) is 4.24. The summed E-state index contributed by atoms with van der Waals surface area (Å²) in [7, 11) is 0. The lowest BCUT2D eigenvalue weighted by Crippen LogP contribution is -2.65. The Morgan fingerprint density at radius 1 is 1.08 bits per heavy atom. The Labute approximate surface area is 140 Å². The molecule has 4 atom stereocenters. The molecule has 24 heavy (non-hydrogen) atoms. The van der Waals surface area contributed by atoms with Crippen LogP contribution in [-0.2, 0) is 33.4 Å². The molecule has 2 aliphatic rings. The highest BCUT2D eigenvalue weighted by molar-refractivity contribution is 5.78. The van der Waals surface area contributed by atoms with Crippen LogP contribution in [0.25, 0.3) is 0 Å². The molecule has 0 aliphatic carbocycles. The first-order valence-corrected chi connectivity index (χ1v) is 8.08. The van der Waals surface area contributed by atoms with Crippen LogP contribution < -0.4 is 0 Å². The molecule has 2 rings (SSSR count). The molecule has 0 N–H and O–H groups in total. The zero-order valence-corrected chi connectivity index (χ0v) is 14.1. The van der Waals surface area contributed by atoms with Crippen molar-refractivity contribution in [2.24, 2.45) is 0 Å². The summed E-state index contributed by atoms with van der Waals surface area (Å²) in [5, 5.41) is 0. The number of fused-ring (bicyclic) bond motifs is 1. The normalized spacial score (nSPS) is 29.5. The number of hydrogen-bond donors (Lipinski definition) is 0. The molecular weight excluding hydrogens is 318 g/mol. The van der Waals surface area contributed by atoms with Gasteiger partial charge in [0, 0.05) is 39.7 Å². The van der Waals surface area contributed by atoms with E-state index in [9.17, 15) is 19.2 Å². The van der Waals surface area contributed by atoms with Gasteiger partial charge in [-0.15, -0.1) is 0 Å². The molecule has 0 saturated carbocycles. The zero-order chi connectivity index (χ0) is 17.9. The Morgan fingerprint density at radius 2 is 1.75 bits per heavy atom. The first-order chi connectivity index (χ1) is 11.3. The Bertz CT molecular complexity index is 533. The molecule has 0 bridgehead atoms. The summed E-state index contributed by atoms with van der Waals surface area (Å²) in [6, 6.07) is -0.781. The zero-order valence-electron chi connectivity index (χ0n) is 14.1. The van der Waals surface area contributed by atoms with Crippen LogP contribution in [0, 0.1) is 0 Å².